The number of anilines is 2. The van der Waals surface area contributed by atoms with Crippen molar-refractivity contribution in [2.75, 3.05) is 5.32 Å². The Bertz CT molecular complexity index is 1770. The Labute approximate surface area is 216 Å². The van der Waals surface area contributed by atoms with Crippen LogP contribution in [0.5, 0.6) is 0 Å². The van der Waals surface area contributed by atoms with E-state index in [1.807, 2.05) is 43.3 Å². The predicted molar refractivity (Wildman–Crippen MR) is 149 cm³/mol. The quantitative estimate of drug-likeness (QED) is 0.323. The second-order valence-electron chi connectivity index (χ2n) is 9.86. The third kappa shape index (κ3) is 3.86. The van der Waals surface area contributed by atoms with Crippen LogP contribution in [0, 0.1) is 24.3 Å². The summed E-state index contributed by atoms with van der Waals surface area (Å²) >= 11 is 6.48. The fraction of sp³-hybridized carbons (Fsp3) is 0.182. The van der Waals surface area contributed by atoms with Gasteiger partial charge in [0.15, 0.2) is 5.78 Å². The van der Waals surface area contributed by atoms with Gasteiger partial charge in [0.1, 0.15) is 0 Å². The Kier molecular flexibility index (Phi) is 5.78. The number of carbonyl (C=O) groups excluding carboxylic acids is 1. The maximum absolute atomic E-state index is 13.8. The van der Waals surface area contributed by atoms with Gasteiger partial charge in [0.2, 0.25) is 0 Å². The molecule has 0 aliphatic heterocycles. The molecule has 0 spiro atoms. The van der Waals surface area contributed by atoms with Crippen LogP contribution in [-0.4, -0.2) is 5.78 Å². The molecule has 0 heterocycles. The molecule has 6 rings (SSSR count). The molecule has 3 heteroatoms. The molecule has 0 radical (unpaired) electrons. The van der Waals surface area contributed by atoms with E-state index in [1.165, 1.54) is 27.1 Å². The smallest absolute Gasteiger partial charge is 0.189 e. The molecule has 4 aromatic carbocycles. The van der Waals surface area contributed by atoms with Gasteiger partial charge in [-0.25, -0.2) is 0 Å². The molecule has 4 aromatic rings. The van der Waals surface area contributed by atoms with Gasteiger partial charge in [-0.2, -0.15) is 0 Å². The van der Waals surface area contributed by atoms with Gasteiger partial charge in [0, 0.05) is 27.5 Å². The average molecular weight is 490 g/mol. The van der Waals surface area contributed by atoms with E-state index in [-0.39, 0.29) is 5.78 Å². The van der Waals surface area contributed by atoms with Gasteiger partial charge in [0.05, 0.1) is 0 Å². The first-order chi connectivity index (χ1) is 17.5. The fourth-order valence-electron chi connectivity index (χ4n) is 5.77. The van der Waals surface area contributed by atoms with E-state index < -0.39 is 0 Å². The first-order valence-electron chi connectivity index (χ1n) is 12.6. The van der Waals surface area contributed by atoms with Crippen LogP contribution in [-0.2, 0) is 12.8 Å². The lowest BCUT2D eigenvalue weighted by atomic mass is 9.83. The van der Waals surface area contributed by atoms with Crippen molar-refractivity contribution >= 4 is 40.4 Å². The first kappa shape index (κ1) is 22.8. The summed E-state index contributed by atoms with van der Waals surface area (Å²) in [5.41, 5.74) is 8.67. The van der Waals surface area contributed by atoms with Gasteiger partial charge in [-0.3, -0.25) is 4.79 Å². The lowest BCUT2D eigenvalue weighted by Gasteiger charge is -2.21. The fourth-order valence-corrected chi connectivity index (χ4v) is 6.02. The number of aryl methyl sites for hydroxylation is 2. The van der Waals surface area contributed by atoms with Crippen molar-refractivity contribution in [2.24, 2.45) is 0 Å². The predicted octanol–water partition coefficient (Wildman–Crippen LogP) is 6.69. The average Bonchev–Trinajstić information content (AvgIpc) is 2.89. The SMILES string of the molecule is Cc1ccccc1Nc1ccc(C(=O)C2=c3ccc4c(c3CCC2)CC=c2c(Cl)cccc2=4)c(C)c1. The first-order valence-corrected chi connectivity index (χ1v) is 13.0. The van der Waals surface area contributed by atoms with Crippen molar-refractivity contribution in [2.45, 2.75) is 39.5 Å². The highest BCUT2D eigenvalue weighted by molar-refractivity contribution is 6.30. The number of rotatable bonds is 4. The van der Waals surface area contributed by atoms with Crippen LogP contribution in [0.2, 0.25) is 5.02 Å². The van der Waals surface area contributed by atoms with Gasteiger partial charge in [-0.15, -0.1) is 0 Å². The van der Waals surface area contributed by atoms with Crippen molar-refractivity contribution in [3.63, 3.8) is 0 Å². The zero-order chi connectivity index (χ0) is 24.8. The van der Waals surface area contributed by atoms with Crippen molar-refractivity contribution in [1.29, 1.82) is 0 Å². The van der Waals surface area contributed by atoms with Gasteiger partial charge >= 0.3 is 0 Å². The van der Waals surface area contributed by atoms with E-state index in [4.69, 9.17) is 11.6 Å². The number of hydrogen-bond donors (Lipinski definition) is 1. The summed E-state index contributed by atoms with van der Waals surface area (Å²) in [6.07, 6.45) is 5.92. The zero-order valence-corrected chi connectivity index (χ0v) is 21.4. The third-order valence-electron chi connectivity index (χ3n) is 7.63. The van der Waals surface area contributed by atoms with E-state index >= 15 is 0 Å². The van der Waals surface area contributed by atoms with Gasteiger partial charge < -0.3 is 5.32 Å². The maximum atomic E-state index is 13.8. The van der Waals surface area contributed by atoms with E-state index in [0.29, 0.717) is 0 Å². The summed E-state index contributed by atoms with van der Waals surface area (Å²) in [6.45, 7) is 4.12. The molecular formula is C33H28ClNO. The van der Waals surface area contributed by atoms with Crippen molar-refractivity contribution < 1.29 is 4.79 Å². The lowest BCUT2D eigenvalue weighted by molar-refractivity contribution is 0.105. The number of halogens is 1. The minimum atomic E-state index is 0.152. The Morgan fingerprint density at radius 3 is 2.47 bits per heavy atom. The molecule has 2 aliphatic carbocycles. The topological polar surface area (TPSA) is 29.1 Å². The van der Waals surface area contributed by atoms with Crippen LogP contribution >= 0.6 is 11.6 Å². The van der Waals surface area contributed by atoms with Crippen molar-refractivity contribution in [3.05, 3.63) is 127 Å². The van der Waals surface area contributed by atoms with Gasteiger partial charge in [0.25, 0.3) is 0 Å². The standard InChI is InChI=1S/C33H28ClNO/c1-20-7-3-4-12-32(20)35-22-13-14-23(21(2)19-22)33(36)30-10-5-8-24-26-17-18-29-25(9-6-11-31(29)34)27(26)15-16-28(24)30/h3-4,6-7,9,11-16,18-19,35H,5,8,10,17H2,1-2H3. The molecule has 0 saturated carbocycles. The summed E-state index contributed by atoms with van der Waals surface area (Å²) in [7, 11) is 0. The van der Waals surface area contributed by atoms with E-state index in [2.05, 4.69) is 54.7 Å². The van der Waals surface area contributed by atoms with Crippen LogP contribution in [0.3, 0.4) is 0 Å². The number of benzene rings is 4. The molecule has 0 bridgehead atoms. The van der Waals surface area contributed by atoms with Crippen molar-refractivity contribution in [1.82, 2.24) is 0 Å². The Balaban J connectivity index is 1.43. The van der Waals surface area contributed by atoms with Crippen LogP contribution in [0.25, 0.3) is 11.6 Å². The van der Waals surface area contributed by atoms with Crippen LogP contribution in [0.1, 0.15) is 45.5 Å². The van der Waals surface area contributed by atoms with E-state index in [1.54, 1.807) is 0 Å². The Morgan fingerprint density at radius 1 is 0.806 bits per heavy atom. The number of nitrogens with one attached hydrogen (secondary N) is 1. The van der Waals surface area contributed by atoms with Crippen LogP contribution in [0.4, 0.5) is 11.4 Å². The molecule has 1 N–H and O–H groups in total. The molecule has 0 amide bonds. The van der Waals surface area contributed by atoms with Gasteiger partial charge in [-0.05, 0) is 113 Å². The summed E-state index contributed by atoms with van der Waals surface area (Å²) < 4.78 is 0. The number of ketones is 1. The zero-order valence-electron chi connectivity index (χ0n) is 20.6. The highest BCUT2D eigenvalue weighted by Crippen LogP contribution is 2.27. The number of Topliss-reactive ketones (excluding diaryl/α,β-unsaturated/α-hetero) is 1. The second-order valence-corrected chi connectivity index (χ2v) is 10.3. The second kappa shape index (κ2) is 9.11. The molecule has 2 aliphatic rings. The Morgan fingerprint density at radius 2 is 1.64 bits per heavy atom. The minimum absolute atomic E-state index is 0.152. The van der Waals surface area contributed by atoms with E-state index in [9.17, 15) is 4.79 Å². The summed E-state index contributed by atoms with van der Waals surface area (Å²) in [5.74, 6) is 0.152. The van der Waals surface area contributed by atoms with Crippen LogP contribution < -0.4 is 15.8 Å². The molecule has 0 unspecified atom stereocenters. The summed E-state index contributed by atoms with van der Waals surface area (Å²) in [4.78, 5) is 13.8. The van der Waals surface area contributed by atoms with Crippen LogP contribution in [0.15, 0.2) is 72.8 Å². The van der Waals surface area contributed by atoms with E-state index in [0.717, 1.165) is 69.2 Å². The largest absolute Gasteiger partial charge is 0.355 e. The normalized spacial score (nSPS) is 13.8. The molecular weight excluding hydrogens is 462 g/mol. The lowest BCUT2D eigenvalue weighted by Crippen LogP contribution is -2.26. The third-order valence-corrected chi connectivity index (χ3v) is 7.96. The number of hydrogen-bond acceptors (Lipinski definition) is 2. The maximum Gasteiger partial charge on any atom is 0.189 e. The van der Waals surface area contributed by atoms with Gasteiger partial charge in [-0.1, -0.05) is 60.1 Å². The minimum Gasteiger partial charge on any atom is -0.355 e. The number of fused-ring (bicyclic) bond motifs is 4. The summed E-state index contributed by atoms with van der Waals surface area (Å²) in [6, 6.07) is 24.8. The monoisotopic (exact) mass is 489 g/mol. The molecule has 36 heavy (non-hydrogen) atoms. The van der Waals surface area contributed by atoms with Crippen molar-refractivity contribution in [3.8, 4) is 0 Å². The number of para-hydroxylation sites is 1. The molecule has 178 valence electrons. The molecule has 2 nitrogen and oxygen atoms in total. The summed E-state index contributed by atoms with van der Waals surface area (Å²) in [5, 5.41) is 8.99. The molecule has 0 saturated heterocycles. The molecule has 0 aromatic heterocycles. The highest BCUT2D eigenvalue weighted by Gasteiger charge is 2.22. The Hall–Kier alpha value is -3.62. The molecule has 0 atom stereocenters. The molecule has 0 fully saturated rings. The number of carbonyl (C=O) groups is 1. The highest BCUT2D eigenvalue weighted by atomic mass is 35.5.